The van der Waals surface area contributed by atoms with Crippen molar-refractivity contribution in [3.8, 4) is 0 Å². The van der Waals surface area contributed by atoms with Gasteiger partial charge in [-0.15, -0.1) is 11.3 Å². The average molecular weight is 326 g/mol. The Bertz CT molecular complexity index is 324. The van der Waals surface area contributed by atoms with Crippen LogP contribution >= 0.6 is 43.2 Å². The molecular weight excluding hydrogens is 320 g/mol. The van der Waals surface area contributed by atoms with Crippen molar-refractivity contribution in [1.82, 2.24) is 0 Å². The molecular formula is C8H6Br2O2S. The first-order valence-electron chi connectivity index (χ1n) is 3.34. The van der Waals surface area contributed by atoms with E-state index < -0.39 is 0 Å². The topological polar surface area (TPSA) is 26.3 Å². The molecule has 0 aliphatic carbocycles. The Labute approximate surface area is 96.9 Å². The maximum atomic E-state index is 10.7. The molecule has 13 heavy (non-hydrogen) atoms. The van der Waals surface area contributed by atoms with Gasteiger partial charge in [0.15, 0.2) is 0 Å². The van der Waals surface area contributed by atoms with E-state index in [0.717, 1.165) is 13.1 Å². The van der Waals surface area contributed by atoms with Crippen LogP contribution in [-0.4, -0.2) is 13.1 Å². The Morgan fingerprint density at radius 1 is 1.62 bits per heavy atom. The number of halogens is 2. The number of carbonyl (C=O) groups is 1. The quantitative estimate of drug-likeness (QED) is 0.615. The summed E-state index contributed by atoms with van der Waals surface area (Å²) in [5.74, 6) is -0.347. The highest BCUT2D eigenvalue weighted by atomic mass is 79.9. The summed E-state index contributed by atoms with van der Waals surface area (Å²) in [6, 6.07) is 1.92. The van der Waals surface area contributed by atoms with Crippen molar-refractivity contribution in [3.05, 3.63) is 25.3 Å². The van der Waals surface area contributed by atoms with E-state index in [1.165, 1.54) is 13.2 Å². The van der Waals surface area contributed by atoms with Crippen molar-refractivity contribution in [2.24, 2.45) is 0 Å². The van der Waals surface area contributed by atoms with Crippen LogP contribution in [0.1, 0.15) is 4.88 Å². The molecule has 0 aromatic carbocycles. The van der Waals surface area contributed by atoms with Gasteiger partial charge in [0.05, 0.1) is 10.9 Å². The first kappa shape index (κ1) is 10.9. The summed E-state index contributed by atoms with van der Waals surface area (Å²) in [7, 11) is 1.35. The van der Waals surface area contributed by atoms with Gasteiger partial charge in [-0.05, 0) is 44.0 Å². The molecule has 0 saturated carbocycles. The van der Waals surface area contributed by atoms with Crippen LogP contribution < -0.4 is 0 Å². The van der Waals surface area contributed by atoms with E-state index in [4.69, 9.17) is 0 Å². The first-order chi connectivity index (χ1) is 6.13. The number of carbonyl (C=O) groups excluding carboxylic acids is 1. The number of ether oxygens (including phenoxy) is 1. The third-order valence-electron chi connectivity index (χ3n) is 1.25. The standard InChI is InChI=1S/C8H6Br2O2S/c1-12-7(11)3-2-5-4-6(9)8(10)13-5/h2-4H,1H3. The summed E-state index contributed by atoms with van der Waals surface area (Å²) >= 11 is 8.26. The molecule has 1 aromatic heterocycles. The molecule has 0 radical (unpaired) electrons. The molecule has 0 saturated heterocycles. The lowest BCUT2D eigenvalue weighted by molar-refractivity contribution is -0.134. The smallest absolute Gasteiger partial charge is 0.330 e. The van der Waals surface area contributed by atoms with Gasteiger partial charge >= 0.3 is 5.97 Å². The summed E-state index contributed by atoms with van der Waals surface area (Å²) < 4.78 is 6.46. The minimum absolute atomic E-state index is 0.347. The van der Waals surface area contributed by atoms with Gasteiger partial charge in [-0.2, -0.15) is 0 Å². The Balaban J connectivity index is 2.74. The largest absolute Gasteiger partial charge is 0.466 e. The molecule has 1 aromatic rings. The Kier molecular flexibility index (Phi) is 4.15. The molecule has 0 fully saturated rings. The van der Waals surface area contributed by atoms with Gasteiger partial charge in [0.1, 0.15) is 0 Å². The molecule has 0 spiro atoms. The number of esters is 1. The fraction of sp³-hybridized carbons (Fsp3) is 0.125. The predicted molar refractivity (Wildman–Crippen MR) is 60.8 cm³/mol. The van der Waals surface area contributed by atoms with E-state index in [-0.39, 0.29) is 5.97 Å². The van der Waals surface area contributed by atoms with Crippen molar-refractivity contribution < 1.29 is 9.53 Å². The highest BCUT2D eigenvalue weighted by Crippen LogP contribution is 2.32. The molecule has 0 aliphatic rings. The summed E-state index contributed by atoms with van der Waals surface area (Å²) in [5, 5.41) is 0. The number of hydrogen-bond donors (Lipinski definition) is 0. The highest BCUT2D eigenvalue weighted by Gasteiger charge is 2.01. The number of hydrogen-bond acceptors (Lipinski definition) is 3. The molecule has 70 valence electrons. The fourth-order valence-electron chi connectivity index (χ4n) is 0.664. The van der Waals surface area contributed by atoms with Crippen LogP contribution in [0.4, 0.5) is 0 Å². The van der Waals surface area contributed by atoms with E-state index in [1.807, 2.05) is 6.07 Å². The second-order valence-corrected chi connectivity index (χ2v) is 5.38. The van der Waals surface area contributed by atoms with Crippen LogP contribution in [0, 0.1) is 0 Å². The number of methoxy groups -OCH3 is 1. The van der Waals surface area contributed by atoms with E-state index in [1.54, 1.807) is 17.4 Å². The molecule has 0 N–H and O–H groups in total. The van der Waals surface area contributed by atoms with Crippen LogP contribution in [0.3, 0.4) is 0 Å². The summed E-state index contributed by atoms with van der Waals surface area (Å²) in [6.45, 7) is 0. The van der Waals surface area contributed by atoms with Gasteiger partial charge < -0.3 is 4.74 Å². The molecule has 0 aliphatic heterocycles. The SMILES string of the molecule is COC(=O)C=Cc1cc(Br)c(Br)s1. The zero-order valence-corrected chi connectivity index (χ0v) is 10.7. The molecule has 1 heterocycles. The maximum absolute atomic E-state index is 10.7. The van der Waals surface area contributed by atoms with Crippen LogP contribution in [0.2, 0.25) is 0 Å². The van der Waals surface area contributed by atoms with Crippen molar-refractivity contribution in [2.75, 3.05) is 7.11 Å². The van der Waals surface area contributed by atoms with Crippen molar-refractivity contribution in [1.29, 1.82) is 0 Å². The molecule has 0 unspecified atom stereocenters. The third kappa shape index (κ3) is 3.25. The van der Waals surface area contributed by atoms with E-state index in [2.05, 4.69) is 36.6 Å². The Morgan fingerprint density at radius 3 is 2.77 bits per heavy atom. The molecule has 0 atom stereocenters. The van der Waals surface area contributed by atoms with Crippen LogP contribution in [0.5, 0.6) is 0 Å². The van der Waals surface area contributed by atoms with Crippen molar-refractivity contribution in [2.45, 2.75) is 0 Å². The Morgan fingerprint density at radius 2 is 2.31 bits per heavy atom. The van der Waals surface area contributed by atoms with Crippen LogP contribution in [0.15, 0.2) is 20.4 Å². The van der Waals surface area contributed by atoms with Gasteiger partial charge in [-0.3, -0.25) is 0 Å². The van der Waals surface area contributed by atoms with Crippen molar-refractivity contribution in [3.63, 3.8) is 0 Å². The highest BCUT2D eigenvalue weighted by molar-refractivity contribution is 9.13. The lowest BCUT2D eigenvalue weighted by Crippen LogP contribution is -1.92. The minimum atomic E-state index is -0.347. The number of thiophene rings is 1. The molecule has 2 nitrogen and oxygen atoms in total. The fourth-order valence-corrected chi connectivity index (χ4v) is 2.66. The van der Waals surface area contributed by atoms with E-state index in [0.29, 0.717) is 0 Å². The normalized spacial score (nSPS) is 10.7. The lowest BCUT2D eigenvalue weighted by Gasteiger charge is -1.87. The van der Waals surface area contributed by atoms with Gasteiger partial charge in [0.25, 0.3) is 0 Å². The average Bonchev–Trinajstić information content (AvgIpc) is 2.42. The Hall–Kier alpha value is -0.130. The zero-order valence-electron chi connectivity index (χ0n) is 6.71. The minimum Gasteiger partial charge on any atom is -0.466 e. The van der Waals surface area contributed by atoms with Gasteiger partial charge in [0, 0.05) is 15.4 Å². The van der Waals surface area contributed by atoms with E-state index >= 15 is 0 Å². The lowest BCUT2D eigenvalue weighted by atomic mass is 10.4. The zero-order chi connectivity index (χ0) is 9.84. The second-order valence-electron chi connectivity index (χ2n) is 2.13. The summed E-state index contributed by atoms with van der Waals surface area (Å²) in [6.07, 6.45) is 3.11. The second kappa shape index (κ2) is 4.93. The number of rotatable bonds is 2. The molecule has 5 heteroatoms. The molecule has 0 amide bonds. The van der Waals surface area contributed by atoms with Gasteiger partial charge in [0.2, 0.25) is 0 Å². The van der Waals surface area contributed by atoms with Crippen molar-refractivity contribution >= 4 is 55.2 Å². The summed E-state index contributed by atoms with van der Waals surface area (Å²) in [5.41, 5.74) is 0. The predicted octanol–water partition coefficient (Wildman–Crippen LogP) is 3.46. The van der Waals surface area contributed by atoms with Gasteiger partial charge in [-0.1, -0.05) is 0 Å². The first-order valence-corrected chi connectivity index (χ1v) is 5.74. The van der Waals surface area contributed by atoms with E-state index in [9.17, 15) is 4.79 Å². The summed E-state index contributed by atoms with van der Waals surface area (Å²) in [4.78, 5) is 11.7. The maximum Gasteiger partial charge on any atom is 0.330 e. The molecule has 0 bridgehead atoms. The van der Waals surface area contributed by atoms with Gasteiger partial charge in [-0.25, -0.2) is 4.79 Å². The monoisotopic (exact) mass is 324 g/mol. The van der Waals surface area contributed by atoms with Crippen LogP contribution in [0.25, 0.3) is 6.08 Å². The molecule has 1 rings (SSSR count). The third-order valence-corrected chi connectivity index (χ3v) is 4.47. The van der Waals surface area contributed by atoms with Crippen LogP contribution in [-0.2, 0) is 9.53 Å².